The maximum absolute atomic E-state index is 12.3. The molecule has 26 heavy (non-hydrogen) atoms. The first-order chi connectivity index (χ1) is 12.7. The van der Waals surface area contributed by atoms with E-state index in [1.807, 2.05) is 24.3 Å². The van der Waals surface area contributed by atoms with Gasteiger partial charge >= 0.3 is 0 Å². The van der Waals surface area contributed by atoms with Crippen LogP contribution in [-0.4, -0.2) is 27.8 Å². The molecule has 0 N–H and O–H groups in total. The Kier molecular flexibility index (Phi) is 4.85. The third-order valence-corrected chi connectivity index (χ3v) is 5.65. The van der Waals surface area contributed by atoms with E-state index >= 15 is 0 Å². The molecule has 0 unspecified atom stereocenters. The number of piperidine rings is 1. The Morgan fingerprint density at radius 3 is 2.65 bits per heavy atom. The molecule has 1 aromatic carbocycles. The van der Waals surface area contributed by atoms with Gasteiger partial charge in [-0.2, -0.15) is 10.4 Å². The van der Waals surface area contributed by atoms with Crippen molar-refractivity contribution >= 4 is 0 Å². The van der Waals surface area contributed by atoms with Crippen molar-refractivity contribution < 1.29 is 0 Å². The summed E-state index contributed by atoms with van der Waals surface area (Å²) in [7, 11) is 0. The molecule has 5 nitrogen and oxygen atoms in total. The average molecular weight is 348 g/mol. The molecule has 1 aromatic heterocycles. The molecule has 0 atom stereocenters. The third kappa shape index (κ3) is 3.71. The summed E-state index contributed by atoms with van der Waals surface area (Å²) in [6, 6.07) is 11.8. The minimum atomic E-state index is 0.0608. The van der Waals surface area contributed by atoms with Crippen LogP contribution in [0, 0.1) is 17.2 Å². The molecule has 0 spiro atoms. The van der Waals surface area contributed by atoms with E-state index in [9.17, 15) is 4.79 Å². The van der Waals surface area contributed by atoms with Gasteiger partial charge in [0, 0.05) is 19.2 Å². The zero-order valence-electron chi connectivity index (χ0n) is 15.0. The topological polar surface area (TPSA) is 61.9 Å². The van der Waals surface area contributed by atoms with E-state index < -0.39 is 0 Å². The van der Waals surface area contributed by atoms with Crippen molar-refractivity contribution in [2.75, 3.05) is 13.1 Å². The van der Waals surface area contributed by atoms with Gasteiger partial charge in [0.1, 0.15) is 0 Å². The first kappa shape index (κ1) is 17.0. The van der Waals surface area contributed by atoms with Gasteiger partial charge in [0.15, 0.2) is 0 Å². The number of nitrogens with zero attached hydrogens (tertiary/aromatic N) is 4. The lowest BCUT2D eigenvalue weighted by Crippen LogP contribution is -2.36. The molecule has 1 aliphatic carbocycles. The third-order valence-electron chi connectivity index (χ3n) is 5.65. The molecule has 1 aliphatic heterocycles. The number of rotatable bonds is 4. The van der Waals surface area contributed by atoms with Crippen molar-refractivity contribution in [2.45, 2.75) is 45.2 Å². The van der Waals surface area contributed by atoms with Gasteiger partial charge in [-0.1, -0.05) is 12.1 Å². The SMILES string of the molecule is N#Cc1ccc(CN2CCC(Cn3nc4c(cc3=O)CCC4)CC2)cc1. The lowest BCUT2D eigenvalue weighted by Gasteiger charge is -2.32. The number of aryl methyl sites for hydroxylation is 2. The van der Waals surface area contributed by atoms with E-state index in [1.54, 1.807) is 10.7 Å². The smallest absolute Gasteiger partial charge is 0.267 e. The number of hydrogen-bond donors (Lipinski definition) is 0. The largest absolute Gasteiger partial charge is 0.299 e. The average Bonchev–Trinajstić information content (AvgIpc) is 3.11. The maximum Gasteiger partial charge on any atom is 0.267 e. The van der Waals surface area contributed by atoms with Crippen molar-refractivity contribution in [2.24, 2.45) is 5.92 Å². The number of fused-ring (bicyclic) bond motifs is 1. The number of hydrogen-bond acceptors (Lipinski definition) is 4. The molecule has 0 saturated carbocycles. The summed E-state index contributed by atoms with van der Waals surface area (Å²) in [5, 5.41) is 13.5. The predicted octanol–water partition coefficient (Wildman–Crippen LogP) is 2.52. The van der Waals surface area contributed by atoms with E-state index in [1.165, 1.54) is 5.56 Å². The lowest BCUT2D eigenvalue weighted by atomic mass is 9.96. The first-order valence-electron chi connectivity index (χ1n) is 9.52. The summed E-state index contributed by atoms with van der Waals surface area (Å²) in [5.74, 6) is 0.525. The Labute approximate surface area is 153 Å². The van der Waals surface area contributed by atoms with Crippen LogP contribution in [0.15, 0.2) is 35.1 Å². The van der Waals surface area contributed by atoms with Gasteiger partial charge in [-0.25, -0.2) is 4.68 Å². The minimum absolute atomic E-state index is 0.0608. The van der Waals surface area contributed by atoms with E-state index in [0.717, 1.165) is 69.5 Å². The zero-order chi connectivity index (χ0) is 17.9. The van der Waals surface area contributed by atoms with Gasteiger partial charge in [-0.3, -0.25) is 9.69 Å². The fraction of sp³-hybridized carbons (Fsp3) is 0.476. The normalized spacial score (nSPS) is 17.8. The molecule has 2 heterocycles. The molecule has 4 rings (SSSR count). The second kappa shape index (κ2) is 7.43. The van der Waals surface area contributed by atoms with Gasteiger partial charge in [0.25, 0.3) is 5.56 Å². The summed E-state index contributed by atoms with van der Waals surface area (Å²) < 4.78 is 1.70. The van der Waals surface area contributed by atoms with E-state index in [4.69, 9.17) is 5.26 Å². The van der Waals surface area contributed by atoms with Gasteiger partial charge < -0.3 is 0 Å². The van der Waals surface area contributed by atoms with Crippen molar-refractivity contribution in [3.8, 4) is 6.07 Å². The highest BCUT2D eigenvalue weighted by Gasteiger charge is 2.21. The van der Waals surface area contributed by atoms with Crippen molar-refractivity contribution in [3.05, 3.63) is 63.1 Å². The first-order valence-corrected chi connectivity index (χ1v) is 9.52. The minimum Gasteiger partial charge on any atom is -0.299 e. The highest BCUT2D eigenvalue weighted by Crippen LogP contribution is 2.21. The predicted molar refractivity (Wildman–Crippen MR) is 99.7 cm³/mol. The molecule has 134 valence electrons. The van der Waals surface area contributed by atoms with Crippen LogP contribution in [0.4, 0.5) is 0 Å². The lowest BCUT2D eigenvalue weighted by molar-refractivity contribution is 0.163. The van der Waals surface area contributed by atoms with Crippen LogP contribution in [0.5, 0.6) is 0 Å². The molecule has 1 saturated heterocycles. The zero-order valence-corrected chi connectivity index (χ0v) is 15.0. The molecule has 0 bridgehead atoms. The highest BCUT2D eigenvalue weighted by atomic mass is 16.1. The van der Waals surface area contributed by atoms with Crippen LogP contribution >= 0.6 is 0 Å². The highest BCUT2D eigenvalue weighted by molar-refractivity contribution is 5.31. The summed E-state index contributed by atoms with van der Waals surface area (Å²) in [6.45, 7) is 3.76. The van der Waals surface area contributed by atoms with Crippen LogP contribution < -0.4 is 5.56 Å². The molecule has 0 amide bonds. The van der Waals surface area contributed by atoms with Crippen molar-refractivity contribution in [1.82, 2.24) is 14.7 Å². The Morgan fingerprint density at radius 1 is 1.15 bits per heavy atom. The van der Waals surface area contributed by atoms with E-state index in [0.29, 0.717) is 11.5 Å². The van der Waals surface area contributed by atoms with Crippen LogP contribution in [0.2, 0.25) is 0 Å². The molecule has 5 heteroatoms. The number of benzene rings is 1. The molecule has 0 radical (unpaired) electrons. The summed E-state index contributed by atoms with van der Waals surface area (Å²) in [6.07, 6.45) is 5.34. The van der Waals surface area contributed by atoms with E-state index in [2.05, 4.69) is 16.1 Å². The van der Waals surface area contributed by atoms with Crippen LogP contribution in [0.3, 0.4) is 0 Å². The Balaban J connectivity index is 1.32. The van der Waals surface area contributed by atoms with Gasteiger partial charge in [-0.05, 0) is 74.4 Å². The Hall–Kier alpha value is -2.45. The number of aromatic nitrogens is 2. The molecular weight excluding hydrogens is 324 g/mol. The fourth-order valence-electron chi connectivity index (χ4n) is 4.08. The van der Waals surface area contributed by atoms with Crippen LogP contribution in [0.25, 0.3) is 0 Å². The molecule has 2 aliphatic rings. The van der Waals surface area contributed by atoms with Crippen LogP contribution in [0.1, 0.15) is 41.6 Å². The summed E-state index contributed by atoms with van der Waals surface area (Å²) >= 11 is 0. The second-order valence-corrected chi connectivity index (χ2v) is 7.52. The summed E-state index contributed by atoms with van der Waals surface area (Å²) in [4.78, 5) is 14.7. The monoisotopic (exact) mass is 348 g/mol. The van der Waals surface area contributed by atoms with Crippen molar-refractivity contribution in [1.29, 1.82) is 5.26 Å². The van der Waals surface area contributed by atoms with Crippen molar-refractivity contribution in [3.63, 3.8) is 0 Å². The van der Waals surface area contributed by atoms with Crippen LogP contribution in [-0.2, 0) is 25.9 Å². The van der Waals surface area contributed by atoms with Gasteiger partial charge in [0.2, 0.25) is 0 Å². The molecule has 1 fully saturated rings. The maximum atomic E-state index is 12.3. The van der Waals surface area contributed by atoms with Gasteiger partial charge in [0.05, 0.1) is 17.3 Å². The van der Waals surface area contributed by atoms with E-state index in [-0.39, 0.29) is 5.56 Å². The Bertz CT molecular complexity index is 870. The quantitative estimate of drug-likeness (QED) is 0.852. The number of nitriles is 1. The second-order valence-electron chi connectivity index (χ2n) is 7.52. The fourth-order valence-corrected chi connectivity index (χ4v) is 4.08. The number of likely N-dealkylation sites (tertiary alicyclic amines) is 1. The molecular formula is C21H24N4O. The Morgan fingerprint density at radius 2 is 1.92 bits per heavy atom. The molecule has 2 aromatic rings. The standard InChI is InChI=1S/C21H24N4O/c22-13-16-4-6-17(7-5-16)14-24-10-8-18(9-11-24)15-25-21(26)12-19-2-1-3-20(19)23-25/h4-7,12,18H,1-3,8-11,14-15H2. The van der Waals surface area contributed by atoms with Gasteiger partial charge in [-0.15, -0.1) is 0 Å². The summed E-state index contributed by atoms with van der Waals surface area (Å²) in [5.41, 5.74) is 4.30.